The van der Waals surface area contributed by atoms with Crippen LogP contribution in [0.1, 0.15) is 19.3 Å². The molecule has 0 saturated heterocycles. The molecular formula is C7H8F3+. The SMILES string of the molecule is FC(F)(F)C1=CCCC[CH+]1. The van der Waals surface area contributed by atoms with Crippen LogP contribution in [0.25, 0.3) is 0 Å². The lowest BCUT2D eigenvalue weighted by Gasteiger charge is -2.06. The highest BCUT2D eigenvalue weighted by molar-refractivity contribution is 5.21. The third-order valence-electron chi connectivity index (χ3n) is 1.46. The molecule has 0 nitrogen and oxygen atoms in total. The molecule has 0 aromatic carbocycles. The quantitative estimate of drug-likeness (QED) is 0.464. The van der Waals surface area contributed by atoms with E-state index in [9.17, 15) is 13.2 Å². The van der Waals surface area contributed by atoms with E-state index in [1.807, 2.05) is 0 Å². The van der Waals surface area contributed by atoms with Gasteiger partial charge < -0.3 is 0 Å². The van der Waals surface area contributed by atoms with Gasteiger partial charge in [-0.25, -0.2) is 0 Å². The second-order valence-corrected chi connectivity index (χ2v) is 2.29. The lowest BCUT2D eigenvalue weighted by atomic mass is 9.99. The first-order valence-corrected chi connectivity index (χ1v) is 3.21. The van der Waals surface area contributed by atoms with Gasteiger partial charge in [-0.2, -0.15) is 13.2 Å². The third-order valence-corrected chi connectivity index (χ3v) is 1.46. The van der Waals surface area contributed by atoms with Crippen molar-refractivity contribution in [3.05, 3.63) is 18.1 Å². The summed E-state index contributed by atoms with van der Waals surface area (Å²) >= 11 is 0. The Bertz CT molecular complexity index is 143. The van der Waals surface area contributed by atoms with Crippen LogP contribution in [0.4, 0.5) is 13.2 Å². The van der Waals surface area contributed by atoms with E-state index in [4.69, 9.17) is 0 Å². The molecule has 0 heterocycles. The molecule has 1 aliphatic rings. The Balaban J connectivity index is 2.62. The molecule has 0 spiro atoms. The van der Waals surface area contributed by atoms with E-state index in [0.29, 0.717) is 12.8 Å². The van der Waals surface area contributed by atoms with Gasteiger partial charge in [0.2, 0.25) is 5.57 Å². The van der Waals surface area contributed by atoms with E-state index in [-0.39, 0.29) is 0 Å². The number of rotatable bonds is 0. The molecule has 0 aromatic rings. The first-order chi connectivity index (χ1) is 4.61. The van der Waals surface area contributed by atoms with Crippen molar-refractivity contribution in [1.82, 2.24) is 0 Å². The summed E-state index contributed by atoms with van der Waals surface area (Å²) in [5.74, 6) is 0. The van der Waals surface area contributed by atoms with Gasteiger partial charge >= 0.3 is 6.18 Å². The van der Waals surface area contributed by atoms with Gasteiger partial charge in [-0.05, 0) is 6.42 Å². The number of alkyl halides is 3. The second kappa shape index (κ2) is 2.56. The summed E-state index contributed by atoms with van der Waals surface area (Å²) in [6.07, 6.45) is 0.351. The fraction of sp³-hybridized carbons (Fsp3) is 0.571. The lowest BCUT2D eigenvalue weighted by molar-refractivity contribution is -0.0907. The van der Waals surface area contributed by atoms with Gasteiger partial charge in [0.1, 0.15) is 0 Å². The molecule has 1 aliphatic carbocycles. The van der Waals surface area contributed by atoms with Gasteiger partial charge in [0, 0.05) is 12.8 Å². The van der Waals surface area contributed by atoms with Gasteiger partial charge in [0.15, 0.2) is 0 Å². The van der Waals surface area contributed by atoms with Gasteiger partial charge in [0.25, 0.3) is 0 Å². The van der Waals surface area contributed by atoms with Crippen molar-refractivity contribution in [2.75, 3.05) is 0 Å². The highest BCUT2D eigenvalue weighted by atomic mass is 19.4. The molecular weight excluding hydrogens is 141 g/mol. The first kappa shape index (κ1) is 7.51. The van der Waals surface area contributed by atoms with Crippen molar-refractivity contribution in [3.63, 3.8) is 0 Å². The average Bonchev–Trinajstić information content (AvgIpc) is 1.88. The maximum Gasteiger partial charge on any atom is 0.454 e. The Morgan fingerprint density at radius 3 is 2.40 bits per heavy atom. The molecule has 56 valence electrons. The molecule has 0 unspecified atom stereocenters. The van der Waals surface area contributed by atoms with Gasteiger partial charge in [-0.3, -0.25) is 0 Å². The van der Waals surface area contributed by atoms with Crippen molar-refractivity contribution in [2.24, 2.45) is 0 Å². The van der Waals surface area contributed by atoms with E-state index < -0.39 is 11.7 Å². The molecule has 1 rings (SSSR count). The summed E-state index contributed by atoms with van der Waals surface area (Å²) < 4.78 is 35.5. The monoisotopic (exact) mass is 149 g/mol. The zero-order valence-corrected chi connectivity index (χ0v) is 5.41. The van der Waals surface area contributed by atoms with Crippen molar-refractivity contribution in [2.45, 2.75) is 25.4 Å². The second-order valence-electron chi connectivity index (χ2n) is 2.29. The Hall–Kier alpha value is -0.600. The molecule has 3 heteroatoms. The molecule has 0 fully saturated rings. The summed E-state index contributed by atoms with van der Waals surface area (Å²) in [7, 11) is 0. The summed E-state index contributed by atoms with van der Waals surface area (Å²) in [5.41, 5.74) is -0.459. The summed E-state index contributed by atoms with van der Waals surface area (Å²) in [5, 5.41) is 0. The van der Waals surface area contributed by atoms with Crippen LogP contribution in [-0.4, -0.2) is 6.18 Å². The predicted octanol–water partition coefficient (Wildman–Crippen LogP) is 2.86. The lowest BCUT2D eigenvalue weighted by Crippen LogP contribution is -2.14. The zero-order chi connectivity index (χ0) is 7.61. The van der Waals surface area contributed by atoms with E-state index in [0.717, 1.165) is 6.42 Å². The van der Waals surface area contributed by atoms with Crippen LogP contribution in [-0.2, 0) is 0 Å². The summed E-state index contributed by atoms with van der Waals surface area (Å²) in [4.78, 5) is 0. The van der Waals surface area contributed by atoms with Crippen LogP contribution >= 0.6 is 0 Å². The Labute approximate surface area is 57.7 Å². The van der Waals surface area contributed by atoms with Crippen molar-refractivity contribution in [1.29, 1.82) is 0 Å². The van der Waals surface area contributed by atoms with E-state index in [1.165, 1.54) is 12.5 Å². The maximum atomic E-state index is 11.8. The Kier molecular flexibility index (Phi) is 1.92. The number of halogens is 3. The summed E-state index contributed by atoms with van der Waals surface area (Å²) in [6.45, 7) is 0. The minimum atomic E-state index is -4.12. The molecule has 0 aliphatic heterocycles. The maximum absolute atomic E-state index is 11.8. The Morgan fingerprint density at radius 1 is 1.40 bits per heavy atom. The molecule has 0 atom stereocenters. The van der Waals surface area contributed by atoms with Crippen LogP contribution in [0, 0.1) is 6.42 Å². The third kappa shape index (κ3) is 1.69. The average molecular weight is 149 g/mol. The smallest absolute Gasteiger partial charge is 0.163 e. The van der Waals surface area contributed by atoms with Crippen molar-refractivity contribution >= 4 is 0 Å². The molecule has 0 bridgehead atoms. The number of hydrogen-bond acceptors (Lipinski definition) is 0. The fourth-order valence-electron chi connectivity index (χ4n) is 0.948. The van der Waals surface area contributed by atoms with Gasteiger partial charge in [-0.15, -0.1) is 0 Å². The minimum absolute atomic E-state index is 0.459. The molecule has 0 radical (unpaired) electrons. The topological polar surface area (TPSA) is 0 Å². The van der Waals surface area contributed by atoms with Crippen molar-refractivity contribution < 1.29 is 13.2 Å². The fourth-order valence-corrected chi connectivity index (χ4v) is 0.948. The summed E-state index contributed by atoms with van der Waals surface area (Å²) in [6, 6.07) is 0. The number of allylic oxidation sites excluding steroid dienone is 2. The van der Waals surface area contributed by atoms with Crippen LogP contribution in [0.15, 0.2) is 11.6 Å². The molecule has 0 N–H and O–H groups in total. The highest BCUT2D eigenvalue weighted by Gasteiger charge is 2.40. The number of hydrogen-bond donors (Lipinski definition) is 0. The normalized spacial score (nSPS) is 19.7. The highest BCUT2D eigenvalue weighted by Crippen LogP contribution is 2.31. The van der Waals surface area contributed by atoms with E-state index in [2.05, 4.69) is 0 Å². The largest absolute Gasteiger partial charge is 0.454 e. The van der Waals surface area contributed by atoms with Crippen LogP contribution in [0.2, 0.25) is 0 Å². The minimum Gasteiger partial charge on any atom is -0.163 e. The van der Waals surface area contributed by atoms with Crippen LogP contribution < -0.4 is 0 Å². The first-order valence-electron chi connectivity index (χ1n) is 3.21. The van der Waals surface area contributed by atoms with E-state index >= 15 is 0 Å². The molecule has 0 saturated carbocycles. The van der Waals surface area contributed by atoms with Crippen LogP contribution in [0.5, 0.6) is 0 Å². The molecule has 10 heavy (non-hydrogen) atoms. The Morgan fingerprint density at radius 2 is 2.10 bits per heavy atom. The van der Waals surface area contributed by atoms with Gasteiger partial charge in [-0.1, -0.05) is 0 Å². The predicted molar refractivity (Wildman–Crippen MR) is 32.3 cm³/mol. The van der Waals surface area contributed by atoms with E-state index in [1.54, 1.807) is 0 Å². The van der Waals surface area contributed by atoms with Crippen LogP contribution in [0.3, 0.4) is 0 Å². The molecule has 0 aromatic heterocycles. The standard InChI is InChI=1S/C7H8F3/c8-7(9,10)6-4-2-1-3-5-6/h4-5H,1-3H2/q+1. The zero-order valence-electron chi connectivity index (χ0n) is 5.41. The van der Waals surface area contributed by atoms with Gasteiger partial charge in [0.05, 0.1) is 12.5 Å². The van der Waals surface area contributed by atoms with Crippen molar-refractivity contribution in [3.8, 4) is 0 Å². The molecule has 0 amide bonds.